The number of aryl methyl sites for hydroxylation is 3. The number of amides is 1. The number of likely N-dealkylation sites (tertiary alicyclic amines) is 1. The van der Waals surface area contributed by atoms with E-state index < -0.39 is 0 Å². The molecule has 42 heavy (non-hydrogen) atoms. The zero-order valence-electron chi connectivity index (χ0n) is 24.5. The molecule has 1 aliphatic heterocycles. The molecule has 1 amide bonds. The van der Waals surface area contributed by atoms with E-state index in [1.165, 1.54) is 29.5 Å². The van der Waals surface area contributed by atoms with Crippen molar-refractivity contribution >= 4 is 34.3 Å². The minimum atomic E-state index is -0.00844. The van der Waals surface area contributed by atoms with Crippen LogP contribution in [0.5, 0.6) is 0 Å². The van der Waals surface area contributed by atoms with Crippen molar-refractivity contribution < 1.29 is 4.79 Å². The van der Waals surface area contributed by atoms with Gasteiger partial charge in [-0.15, -0.1) is 10.2 Å². The van der Waals surface area contributed by atoms with Crippen LogP contribution in [0.15, 0.2) is 84.9 Å². The second-order valence-corrected chi connectivity index (χ2v) is 11.1. The summed E-state index contributed by atoms with van der Waals surface area (Å²) in [5.41, 5.74) is 9.72. The van der Waals surface area contributed by atoms with Crippen LogP contribution in [-0.2, 0) is 0 Å². The lowest BCUT2D eigenvalue weighted by Gasteiger charge is -2.26. The number of aromatic nitrogens is 3. The quantitative estimate of drug-likeness (QED) is 0.220. The second-order valence-electron chi connectivity index (χ2n) is 11.1. The molecule has 0 radical (unpaired) electrons. The molecule has 0 atom stereocenters. The Balaban J connectivity index is 1.27. The molecular formula is C35H36N6O. The average molecular weight is 557 g/mol. The summed E-state index contributed by atoms with van der Waals surface area (Å²) in [5.74, 6) is 0.409. The van der Waals surface area contributed by atoms with Crippen LogP contribution in [0.1, 0.15) is 39.9 Å². The van der Waals surface area contributed by atoms with Gasteiger partial charge in [0.1, 0.15) is 5.52 Å². The molecule has 5 aromatic rings. The first-order chi connectivity index (χ1) is 20.5. The number of carbonyl (C=O) groups is 1. The van der Waals surface area contributed by atoms with Gasteiger partial charge >= 0.3 is 0 Å². The molecule has 0 bridgehead atoms. The fourth-order valence-corrected chi connectivity index (χ4v) is 5.89. The Morgan fingerprint density at radius 2 is 1.57 bits per heavy atom. The van der Waals surface area contributed by atoms with E-state index in [0.29, 0.717) is 18.1 Å². The fourth-order valence-electron chi connectivity index (χ4n) is 5.89. The summed E-state index contributed by atoms with van der Waals surface area (Å²) >= 11 is 0. The molecule has 1 fully saturated rings. The number of hydrogen-bond donors (Lipinski definition) is 1. The average Bonchev–Trinajstić information content (AvgIpc) is 3.52. The molecular weight excluding hydrogens is 520 g/mol. The number of anilines is 3. The second kappa shape index (κ2) is 12.1. The highest BCUT2D eigenvalue weighted by atomic mass is 16.2. The van der Waals surface area contributed by atoms with E-state index in [2.05, 4.69) is 71.5 Å². The third-order valence-electron chi connectivity index (χ3n) is 8.04. The van der Waals surface area contributed by atoms with Crippen molar-refractivity contribution in [1.82, 2.24) is 20.1 Å². The molecule has 0 aliphatic carbocycles. The maximum Gasteiger partial charge on any atom is 0.258 e. The highest BCUT2D eigenvalue weighted by Gasteiger charge is 2.21. The predicted octanol–water partition coefficient (Wildman–Crippen LogP) is 7.10. The Bertz CT molecular complexity index is 1710. The monoisotopic (exact) mass is 556 g/mol. The van der Waals surface area contributed by atoms with E-state index in [1.54, 1.807) is 0 Å². The van der Waals surface area contributed by atoms with Crippen molar-refractivity contribution in [2.75, 3.05) is 36.4 Å². The molecule has 6 rings (SSSR count). The molecule has 1 aliphatic rings. The summed E-state index contributed by atoms with van der Waals surface area (Å²) in [6, 6.07) is 27.9. The summed E-state index contributed by atoms with van der Waals surface area (Å²) < 4.78 is 0. The minimum absolute atomic E-state index is 0.00844. The summed E-state index contributed by atoms with van der Waals surface area (Å²) in [5, 5.41) is 12.3. The van der Waals surface area contributed by atoms with Gasteiger partial charge in [0.15, 0.2) is 0 Å². The molecule has 212 valence electrons. The highest BCUT2D eigenvalue weighted by Crippen LogP contribution is 2.31. The first-order valence-electron chi connectivity index (χ1n) is 14.6. The van der Waals surface area contributed by atoms with E-state index in [4.69, 9.17) is 4.98 Å². The lowest BCUT2D eigenvalue weighted by atomic mass is 9.94. The van der Waals surface area contributed by atoms with E-state index in [-0.39, 0.29) is 5.91 Å². The van der Waals surface area contributed by atoms with Gasteiger partial charge < -0.3 is 15.1 Å². The molecule has 1 N–H and O–H groups in total. The number of benzene rings is 4. The Morgan fingerprint density at radius 1 is 0.833 bits per heavy atom. The smallest absolute Gasteiger partial charge is 0.258 e. The highest BCUT2D eigenvalue weighted by molar-refractivity contribution is 6.06. The SMILES string of the molecule is Cc1cccc(C)c1-c1cc(C)c2nc(Nc3cccc(N(CCN4CCCC4)C(=O)c4ccccc4)c3)nnc2c1. The van der Waals surface area contributed by atoms with Crippen molar-refractivity contribution in [3.63, 3.8) is 0 Å². The molecule has 7 heteroatoms. The Labute approximate surface area is 247 Å². The topological polar surface area (TPSA) is 74.2 Å². The van der Waals surface area contributed by atoms with Gasteiger partial charge in [0.2, 0.25) is 5.95 Å². The maximum absolute atomic E-state index is 13.6. The molecule has 2 heterocycles. The van der Waals surface area contributed by atoms with E-state index in [0.717, 1.165) is 53.2 Å². The molecule has 1 aromatic heterocycles. The molecule has 0 saturated carbocycles. The van der Waals surface area contributed by atoms with Crippen LogP contribution < -0.4 is 10.2 Å². The van der Waals surface area contributed by atoms with Crippen molar-refractivity contribution in [3.8, 4) is 11.1 Å². The van der Waals surface area contributed by atoms with Gasteiger partial charge in [-0.1, -0.05) is 42.5 Å². The van der Waals surface area contributed by atoms with Gasteiger partial charge in [0.25, 0.3) is 5.91 Å². The van der Waals surface area contributed by atoms with Crippen LogP contribution in [0.25, 0.3) is 22.2 Å². The molecule has 4 aromatic carbocycles. The van der Waals surface area contributed by atoms with Gasteiger partial charge in [-0.3, -0.25) is 4.79 Å². The van der Waals surface area contributed by atoms with E-state index in [1.807, 2.05) is 59.5 Å². The van der Waals surface area contributed by atoms with Crippen LogP contribution in [0.3, 0.4) is 0 Å². The summed E-state index contributed by atoms with van der Waals surface area (Å²) in [6.07, 6.45) is 2.44. The lowest BCUT2D eigenvalue weighted by molar-refractivity contribution is 0.0984. The summed E-state index contributed by atoms with van der Waals surface area (Å²) in [7, 11) is 0. The molecule has 1 saturated heterocycles. The van der Waals surface area contributed by atoms with Crippen LogP contribution in [0, 0.1) is 20.8 Å². The van der Waals surface area contributed by atoms with Gasteiger partial charge in [-0.05, 0) is 117 Å². The Morgan fingerprint density at radius 3 is 2.33 bits per heavy atom. The van der Waals surface area contributed by atoms with Crippen LogP contribution in [-0.4, -0.2) is 52.2 Å². The first kappa shape index (κ1) is 27.5. The molecule has 0 unspecified atom stereocenters. The van der Waals surface area contributed by atoms with Crippen LogP contribution in [0.2, 0.25) is 0 Å². The first-order valence-corrected chi connectivity index (χ1v) is 14.6. The number of fused-ring (bicyclic) bond motifs is 1. The third kappa shape index (κ3) is 5.87. The van der Waals surface area contributed by atoms with Gasteiger partial charge in [-0.2, -0.15) is 0 Å². The minimum Gasteiger partial charge on any atom is -0.323 e. The summed E-state index contributed by atoms with van der Waals surface area (Å²) in [4.78, 5) is 22.8. The normalized spacial score (nSPS) is 13.4. The number of rotatable bonds is 8. The van der Waals surface area contributed by atoms with Gasteiger partial charge in [-0.25, -0.2) is 4.98 Å². The Hall–Kier alpha value is -4.62. The number of nitrogens with one attached hydrogen (secondary N) is 1. The van der Waals surface area contributed by atoms with E-state index in [9.17, 15) is 4.79 Å². The van der Waals surface area contributed by atoms with Crippen molar-refractivity contribution in [2.24, 2.45) is 0 Å². The number of carbonyl (C=O) groups excluding carboxylic acids is 1. The van der Waals surface area contributed by atoms with Crippen molar-refractivity contribution in [3.05, 3.63) is 107 Å². The van der Waals surface area contributed by atoms with Gasteiger partial charge in [0, 0.05) is 30.0 Å². The summed E-state index contributed by atoms with van der Waals surface area (Å²) in [6.45, 7) is 9.97. The molecule has 0 spiro atoms. The zero-order valence-corrected chi connectivity index (χ0v) is 24.5. The number of hydrogen-bond acceptors (Lipinski definition) is 6. The van der Waals surface area contributed by atoms with Crippen molar-refractivity contribution in [2.45, 2.75) is 33.6 Å². The number of nitrogens with zero attached hydrogens (tertiary/aromatic N) is 5. The van der Waals surface area contributed by atoms with Gasteiger partial charge in [0.05, 0.1) is 5.52 Å². The standard InChI is InChI=1S/C35H36N6O/c1-24-11-9-12-25(2)32(24)28-21-26(3)33-31(22-28)38-39-35(37-33)36-29-15-10-16-30(23-29)41(20-19-40-17-7-8-18-40)34(42)27-13-5-4-6-14-27/h4-6,9-16,21-23H,7-8,17-20H2,1-3H3,(H,36,37,39). The van der Waals surface area contributed by atoms with E-state index >= 15 is 0 Å². The predicted molar refractivity (Wildman–Crippen MR) is 170 cm³/mol. The largest absolute Gasteiger partial charge is 0.323 e. The maximum atomic E-state index is 13.6. The Kier molecular flexibility index (Phi) is 7.93. The fraction of sp³-hybridized carbons (Fsp3) is 0.257. The van der Waals surface area contributed by atoms with Crippen LogP contribution in [0.4, 0.5) is 17.3 Å². The third-order valence-corrected chi connectivity index (χ3v) is 8.04. The van der Waals surface area contributed by atoms with Crippen molar-refractivity contribution in [1.29, 1.82) is 0 Å². The lowest BCUT2D eigenvalue weighted by Crippen LogP contribution is -2.38. The van der Waals surface area contributed by atoms with Crippen LogP contribution >= 0.6 is 0 Å². The zero-order chi connectivity index (χ0) is 29.1. The molecule has 7 nitrogen and oxygen atoms in total.